The molecule has 0 atom stereocenters. The molecule has 0 N–H and O–H groups in total. The molecule has 0 saturated carbocycles. The van der Waals surface area contributed by atoms with Crippen LogP contribution >= 0.6 is 11.6 Å². The van der Waals surface area contributed by atoms with Gasteiger partial charge in [0.05, 0.1) is 18.4 Å². The summed E-state index contributed by atoms with van der Waals surface area (Å²) in [4.78, 5) is 16.5. The highest BCUT2D eigenvalue weighted by atomic mass is 35.5. The number of aliphatic imine (C=N–C) groups is 1. The number of methoxy groups -OCH3 is 1. The fourth-order valence-electron chi connectivity index (χ4n) is 2.19. The lowest BCUT2D eigenvalue weighted by Gasteiger charge is -2.04. The normalized spacial score (nSPS) is 10.7. The van der Waals surface area contributed by atoms with Crippen LogP contribution in [0.1, 0.15) is 15.9 Å². The molecule has 4 nitrogen and oxygen atoms in total. The summed E-state index contributed by atoms with van der Waals surface area (Å²) in [5, 5.41) is 0.587. The number of rotatable bonds is 5. The molecule has 3 aromatic rings. The van der Waals surface area contributed by atoms with Crippen LogP contribution in [0.3, 0.4) is 0 Å². The van der Waals surface area contributed by atoms with Gasteiger partial charge in [0.15, 0.2) is 0 Å². The Morgan fingerprint density at radius 3 is 2.12 bits per heavy atom. The van der Waals surface area contributed by atoms with Gasteiger partial charge in [0.2, 0.25) is 0 Å². The van der Waals surface area contributed by atoms with Gasteiger partial charge in [-0.15, -0.1) is 0 Å². The molecule has 0 aliphatic rings. The van der Waals surface area contributed by atoms with Crippen molar-refractivity contribution in [2.24, 2.45) is 4.99 Å². The number of ether oxygens (including phenoxy) is 2. The van der Waals surface area contributed by atoms with Crippen molar-refractivity contribution in [2.75, 3.05) is 7.11 Å². The Morgan fingerprint density at radius 1 is 0.885 bits per heavy atom. The van der Waals surface area contributed by atoms with Gasteiger partial charge >= 0.3 is 5.97 Å². The van der Waals surface area contributed by atoms with E-state index in [0.29, 0.717) is 16.3 Å². The molecule has 0 amide bonds. The number of nitrogens with zero attached hydrogens (tertiary/aromatic N) is 1. The lowest BCUT2D eigenvalue weighted by molar-refractivity contribution is 0.0735. The average molecular weight is 366 g/mol. The van der Waals surface area contributed by atoms with Crippen LogP contribution in [-0.2, 0) is 0 Å². The van der Waals surface area contributed by atoms with Crippen molar-refractivity contribution in [3.63, 3.8) is 0 Å². The van der Waals surface area contributed by atoms with Gasteiger partial charge in [-0.1, -0.05) is 11.6 Å². The van der Waals surface area contributed by atoms with E-state index >= 15 is 0 Å². The number of carbonyl (C=O) groups excluding carboxylic acids is 1. The number of hydrogen-bond donors (Lipinski definition) is 0. The highest BCUT2D eigenvalue weighted by Crippen LogP contribution is 2.19. The molecular formula is C21H16ClNO3. The lowest BCUT2D eigenvalue weighted by atomic mass is 10.2. The van der Waals surface area contributed by atoms with Crippen LogP contribution < -0.4 is 9.47 Å². The maximum atomic E-state index is 12.1. The molecule has 0 fully saturated rings. The van der Waals surface area contributed by atoms with E-state index < -0.39 is 5.97 Å². The first kappa shape index (κ1) is 17.7. The molecule has 0 spiro atoms. The van der Waals surface area contributed by atoms with Gasteiger partial charge in [-0.25, -0.2) is 4.79 Å². The van der Waals surface area contributed by atoms with Crippen LogP contribution in [0.2, 0.25) is 5.02 Å². The zero-order valence-electron chi connectivity index (χ0n) is 14.1. The molecule has 5 heteroatoms. The summed E-state index contributed by atoms with van der Waals surface area (Å²) in [7, 11) is 1.63. The Labute approximate surface area is 156 Å². The summed E-state index contributed by atoms with van der Waals surface area (Å²) in [6, 6.07) is 21.1. The molecule has 0 saturated heterocycles. The van der Waals surface area contributed by atoms with E-state index in [4.69, 9.17) is 21.1 Å². The third-order valence-corrected chi connectivity index (χ3v) is 3.86. The van der Waals surface area contributed by atoms with Crippen LogP contribution in [-0.4, -0.2) is 19.3 Å². The first-order chi connectivity index (χ1) is 12.6. The monoisotopic (exact) mass is 365 g/mol. The molecule has 0 radical (unpaired) electrons. The summed E-state index contributed by atoms with van der Waals surface area (Å²) in [5.74, 6) is 0.810. The maximum absolute atomic E-state index is 12.1. The third-order valence-electron chi connectivity index (χ3n) is 3.61. The van der Waals surface area contributed by atoms with E-state index in [1.54, 1.807) is 61.9 Å². The van der Waals surface area contributed by atoms with E-state index in [1.165, 1.54) is 0 Å². The lowest BCUT2D eigenvalue weighted by Crippen LogP contribution is -2.07. The second kappa shape index (κ2) is 8.32. The number of esters is 1. The van der Waals surface area contributed by atoms with Gasteiger partial charge in [-0.3, -0.25) is 4.99 Å². The van der Waals surface area contributed by atoms with Crippen molar-refractivity contribution >= 4 is 29.5 Å². The van der Waals surface area contributed by atoms with Crippen molar-refractivity contribution < 1.29 is 14.3 Å². The van der Waals surface area contributed by atoms with Gasteiger partial charge in [-0.2, -0.15) is 0 Å². The largest absolute Gasteiger partial charge is 0.497 e. The fraction of sp³-hybridized carbons (Fsp3) is 0.0476. The van der Waals surface area contributed by atoms with Crippen LogP contribution in [0.15, 0.2) is 77.8 Å². The van der Waals surface area contributed by atoms with Gasteiger partial charge < -0.3 is 9.47 Å². The van der Waals surface area contributed by atoms with Crippen LogP contribution in [0, 0.1) is 0 Å². The number of hydrogen-bond acceptors (Lipinski definition) is 4. The minimum Gasteiger partial charge on any atom is -0.497 e. The molecule has 0 aromatic heterocycles. The van der Waals surface area contributed by atoms with Crippen LogP contribution in [0.5, 0.6) is 11.5 Å². The second-order valence-corrected chi connectivity index (χ2v) is 5.86. The van der Waals surface area contributed by atoms with Crippen LogP contribution in [0.4, 0.5) is 5.69 Å². The molecule has 0 heterocycles. The molecule has 3 aromatic carbocycles. The van der Waals surface area contributed by atoms with Crippen molar-refractivity contribution in [1.29, 1.82) is 0 Å². The molecule has 26 heavy (non-hydrogen) atoms. The Kier molecular flexibility index (Phi) is 5.66. The van der Waals surface area contributed by atoms with Crippen molar-refractivity contribution in [1.82, 2.24) is 0 Å². The van der Waals surface area contributed by atoms with Crippen LogP contribution in [0.25, 0.3) is 0 Å². The molecule has 130 valence electrons. The summed E-state index contributed by atoms with van der Waals surface area (Å²) < 4.78 is 10.4. The summed E-state index contributed by atoms with van der Waals surface area (Å²) >= 11 is 5.81. The van der Waals surface area contributed by atoms with Gasteiger partial charge in [0, 0.05) is 11.2 Å². The first-order valence-corrected chi connectivity index (χ1v) is 8.28. The minimum absolute atomic E-state index is 0.432. The zero-order valence-corrected chi connectivity index (χ0v) is 14.8. The topological polar surface area (TPSA) is 47.9 Å². The second-order valence-electron chi connectivity index (χ2n) is 5.42. The highest BCUT2D eigenvalue weighted by molar-refractivity contribution is 6.30. The third kappa shape index (κ3) is 4.71. The number of benzene rings is 3. The number of halogens is 1. The minimum atomic E-state index is -0.432. The molecule has 0 aliphatic heterocycles. The average Bonchev–Trinajstić information content (AvgIpc) is 2.69. The molecule has 3 rings (SSSR count). The van der Waals surface area contributed by atoms with E-state index in [1.807, 2.05) is 24.3 Å². The highest BCUT2D eigenvalue weighted by Gasteiger charge is 2.08. The smallest absolute Gasteiger partial charge is 0.343 e. The quantitative estimate of drug-likeness (QED) is 0.349. The van der Waals surface area contributed by atoms with E-state index in [-0.39, 0.29) is 0 Å². The van der Waals surface area contributed by atoms with Crippen molar-refractivity contribution in [3.05, 3.63) is 88.9 Å². The molecular weight excluding hydrogens is 350 g/mol. The first-order valence-electron chi connectivity index (χ1n) is 7.90. The Hall–Kier alpha value is -3.11. The van der Waals surface area contributed by atoms with Gasteiger partial charge in [-0.05, 0) is 78.4 Å². The molecule has 0 aliphatic carbocycles. The Bertz CT molecular complexity index is 901. The summed E-state index contributed by atoms with van der Waals surface area (Å²) in [5.41, 5.74) is 2.14. The molecule has 0 bridgehead atoms. The summed E-state index contributed by atoms with van der Waals surface area (Å²) in [6.45, 7) is 0. The van der Waals surface area contributed by atoms with Gasteiger partial charge in [0.1, 0.15) is 11.5 Å². The van der Waals surface area contributed by atoms with E-state index in [0.717, 1.165) is 17.0 Å². The molecule has 0 unspecified atom stereocenters. The number of carbonyl (C=O) groups is 1. The maximum Gasteiger partial charge on any atom is 0.343 e. The van der Waals surface area contributed by atoms with E-state index in [2.05, 4.69) is 4.99 Å². The Balaban J connectivity index is 1.64. The fourth-order valence-corrected chi connectivity index (χ4v) is 2.32. The summed E-state index contributed by atoms with van der Waals surface area (Å²) in [6.07, 6.45) is 1.75. The Morgan fingerprint density at radius 2 is 1.50 bits per heavy atom. The zero-order chi connectivity index (χ0) is 18.4. The van der Waals surface area contributed by atoms with Crippen molar-refractivity contribution in [3.8, 4) is 11.5 Å². The predicted molar refractivity (Wildman–Crippen MR) is 103 cm³/mol. The van der Waals surface area contributed by atoms with Gasteiger partial charge in [0.25, 0.3) is 0 Å². The standard InChI is InChI=1S/C21H16ClNO3/c1-25-19-10-2-15(3-11-19)14-23-18-8-4-16(5-9-18)21(24)26-20-12-6-17(22)7-13-20/h2-14H,1H3. The SMILES string of the molecule is COc1ccc(C=Nc2ccc(C(=O)Oc3ccc(Cl)cc3)cc2)cc1. The van der Waals surface area contributed by atoms with E-state index in [9.17, 15) is 4.79 Å². The predicted octanol–water partition coefficient (Wildman–Crippen LogP) is 5.32. The van der Waals surface area contributed by atoms with Crippen molar-refractivity contribution in [2.45, 2.75) is 0 Å².